The van der Waals surface area contributed by atoms with E-state index in [2.05, 4.69) is 10.00 Å². The largest absolute Gasteiger partial charge is 0.370 e. The number of fused-ring (bicyclic) bond motifs is 1. The van der Waals surface area contributed by atoms with Gasteiger partial charge in [-0.3, -0.25) is 4.79 Å². The Morgan fingerprint density at radius 3 is 2.48 bits per heavy atom. The Bertz CT molecular complexity index is 1110. The number of aromatic nitrogens is 2. The summed E-state index contributed by atoms with van der Waals surface area (Å²) in [5.74, 6) is -0.688. The normalized spacial score (nSPS) is 16.3. The highest BCUT2D eigenvalue weighted by atomic mass is 19.1. The number of carbonyl (C=O) groups is 1. The molecule has 1 aromatic heterocycles. The molecule has 2 heterocycles. The summed E-state index contributed by atoms with van der Waals surface area (Å²) in [5, 5.41) is 4.59. The molecule has 1 aliphatic heterocycles. The van der Waals surface area contributed by atoms with Crippen LogP contribution in [0.2, 0.25) is 0 Å². The van der Waals surface area contributed by atoms with E-state index in [1.165, 1.54) is 18.2 Å². The van der Waals surface area contributed by atoms with Gasteiger partial charge < -0.3 is 9.80 Å². The predicted octanol–water partition coefficient (Wildman–Crippen LogP) is 3.99. The van der Waals surface area contributed by atoms with E-state index in [0.717, 1.165) is 49.2 Å². The Morgan fingerprint density at radius 2 is 1.68 bits per heavy atom. The molecule has 5 nitrogen and oxygen atoms in total. The second-order valence-corrected chi connectivity index (χ2v) is 8.10. The molecule has 1 saturated heterocycles. The van der Waals surface area contributed by atoms with Crippen LogP contribution in [0.25, 0.3) is 5.69 Å². The van der Waals surface area contributed by atoms with E-state index in [1.807, 2.05) is 4.90 Å². The maximum absolute atomic E-state index is 14.4. The highest BCUT2D eigenvalue weighted by Gasteiger charge is 2.31. The van der Waals surface area contributed by atoms with Crippen LogP contribution in [0.3, 0.4) is 0 Å². The first-order valence-corrected chi connectivity index (χ1v) is 10.8. The van der Waals surface area contributed by atoms with Crippen LogP contribution in [0.15, 0.2) is 48.5 Å². The third-order valence-electron chi connectivity index (χ3n) is 6.19. The highest BCUT2D eigenvalue weighted by molar-refractivity contribution is 5.94. The topological polar surface area (TPSA) is 41.4 Å². The molecular weight excluding hydrogens is 398 g/mol. The van der Waals surface area contributed by atoms with Crippen LogP contribution >= 0.6 is 0 Å². The Labute approximate surface area is 179 Å². The molecule has 2 aliphatic rings. The van der Waals surface area contributed by atoms with Gasteiger partial charge >= 0.3 is 0 Å². The molecule has 0 bridgehead atoms. The molecule has 31 heavy (non-hydrogen) atoms. The first-order valence-electron chi connectivity index (χ1n) is 10.8. The van der Waals surface area contributed by atoms with Crippen molar-refractivity contribution < 1.29 is 13.6 Å². The SMILES string of the molecule is O=C(c1nn(-c2ccccc2F)c2c1CCC2)N1CCCN(c2ccc(F)cc2)CC1. The van der Waals surface area contributed by atoms with Crippen molar-refractivity contribution in [3.63, 3.8) is 0 Å². The second-order valence-electron chi connectivity index (χ2n) is 8.10. The smallest absolute Gasteiger partial charge is 0.274 e. The molecular formula is C24H24F2N4O. The van der Waals surface area contributed by atoms with E-state index >= 15 is 0 Å². The average molecular weight is 422 g/mol. The van der Waals surface area contributed by atoms with Crippen molar-refractivity contribution in [3.8, 4) is 5.69 Å². The van der Waals surface area contributed by atoms with Gasteiger partial charge in [0.2, 0.25) is 0 Å². The number of anilines is 1. The quantitative estimate of drug-likeness (QED) is 0.641. The van der Waals surface area contributed by atoms with Crippen LogP contribution in [0.5, 0.6) is 0 Å². The van der Waals surface area contributed by atoms with Gasteiger partial charge in [-0.05, 0) is 62.1 Å². The molecule has 1 aliphatic carbocycles. The van der Waals surface area contributed by atoms with Crippen molar-refractivity contribution in [2.75, 3.05) is 31.1 Å². The maximum Gasteiger partial charge on any atom is 0.274 e. The van der Waals surface area contributed by atoms with Gasteiger partial charge in [-0.15, -0.1) is 0 Å². The summed E-state index contributed by atoms with van der Waals surface area (Å²) in [6.07, 6.45) is 3.35. The molecule has 2 aromatic carbocycles. The van der Waals surface area contributed by atoms with Gasteiger partial charge in [0, 0.05) is 43.1 Å². The van der Waals surface area contributed by atoms with E-state index < -0.39 is 0 Å². The number of rotatable bonds is 3. The second kappa shape index (κ2) is 8.13. The molecule has 7 heteroatoms. The fourth-order valence-electron chi connectivity index (χ4n) is 4.61. The van der Waals surface area contributed by atoms with Crippen LogP contribution in [0, 0.1) is 11.6 Å². The minimum Gasteiger partial charge on any atom is -0.370 e. The van der Waals surface area contributed by atoms with E-state index in [0.29, 0.717) is 31.0 Å². The van der Waals surface area contributed by atoms with Crippen molar-refractivity contribution in [1.29, 1.82) is 0 Å². The summed E-state index contributed by atoms with van der Waals surface area (Å²) in [5.41, 5.74) is 3.69. The number of benzene rings is 2. The number of hydrogen-bond donors (Lipinski definition) is 0. The summed E-state index contributed by atoms with van der Waals surface area (Å²) < 4.78 is 29.3. The monoisotopic (exact) mass is 422 g/mol. The first-order chi connectivity index (χ1) is 15.1. The van der Waals surface area contributed by atoms with Crippen LogP contribution in [-0.4, -0.2) is 46.8 Å². The minimum absolute atomic E-state index is 0.0887. The first kappa shape index (κ1) is 19.7. The zero-order valence-corrected chi connectivity index (χ0v) is 17.2. The summed E-state index contributed by atoms with van der Waals surface area (Å²) in [6.45, 7) is 2.68. The van der Waals surface area contributed by atoms with Crippen molar-refractivity contribution >= 4 is 11.6 Å². The van der Waals surface area contributed by atoms with Gasteiger partial charge in [-0.1, -0.05) is 12.1 Å². The molecule has 1 amide bonds. The van der Waals surface area contributed by atoms with Crippen molar-refractivity contribution in [2.24, 2.45) is 0 Å². The van der Waals surface area contributed by atoms with E-state index in [-0.39, 0.29) is 17.5 Å². The van der Waals surface area contributed by atoms with Gasteiger partial charge in [0.15, 0.2) is 5.69 Å². The summed E-state index contributed by atoms with van der Waals surface area (Å²) in [4.78, 5) is 17.4. The summed E-state index contributed by atoms with van der Waals surface area (Å²) in [7, 11) is 0. The lowest BCUT2D eigenvalue weighted by molar-refractivity contribution is 0.0759. The van der Waals surface area contributed by atoms with Gasteiger partial charge in [-0.25, -0.2) is 13.5 Å². The van der Waals surface area contributed by atoms with Gasteiger partial charge in [0.1, 0.15) is 17.3 Å². The lowest BCUT2D eigenvalue weighted by Gasteiger charge is -2.23. The zero-order chi connectivity index (χ0) is 21.4. The average Bonchev–Trinajstić information content (AvgIpc) is 3.30. The molecule has 0 spiro atoms. The third kappa shape index (κ3) is 3.69. The third-order valence-corrected chi connectivity index (χ3v) is 6.19. The highest BCUT2D eigenvalue weighted by Crippen LogP contribution is 2.29. The van der Waals surface area contributed by atoms with Crippen LogP contribution in [0.1, 0.15) is 34.6 Å². The Hall–Kier alpha value is -3.22. The van der Waals surface area contributed by atoms with Crippen LogP contribution in [-0.2, 0) is 12.8 Å². The predicted molar refractivity (Wildman–Crippen MR) is 115 cm³/mol. The van der Waals surface area contributed by atoms with Crippen LogP contribution in [0.4, 0.5) is 14.5 Å². The zero-order valence-electron chi connectivity index (χ0n) is 17.2. The number of carbonyl (C=O) groups excluding carboxylic acids is 1. The molecule has 0 saturated carbocycles. The Balaban J connectivity index is 1.39. The standard InChI is InChI=1S/C24H24F2N4O/c25-17-9-11-18(12-10-17)28-13-4-14-29(16-15-28)24(31)23-19-5-3-8-21(19)30(27-23)22-7-2-1-6-20(22)26/h1-2,6-7,9-12H,3-5,8,13-16H2. The number of hydrogen-bond acceptors (Lipinski definition) is 3. The molecule has 1 fully saturated rings. The molecule has 5 rings (SSSR count). The molecule has 0 radical (unpaired) electrons. The number of halogens is 2. The van der Waals surface area contributed by atoms with E-state index in [9.17, 15) is 13.6 Å². The summed E-state index contributed by atoms with van der Waals surface area (Å²) in [6, 6.07) is 13.0. The fourth-order valence-corrected chi connectivity index (χ4v) is 4.61. The summed E-state index contributed by atoms with van der Waals surface area (Å²) >= 11 is 0. The Kier molecular flexibility index (Phi) is 5.18. The molecule has 3 aromatic rings. The molecule has 0 atom stereocenters. The van der Waals surface area contributed by atoms with E-state index in [4.69, 9.17) is 0 Å². The lowest BCUT2D eigenvalue weighted by Crippen LogP contribution is -2.36. The number of para-hydroxylation sites is 1. The van der Waals surface area contributed by atoms with Crippen molar-refractivity contribution in [2.45, 2.75) is 25.7 Å². The van der Waals surface area contributed by atoms with Crippen molar-refractivity contribution in [1.82, 2.24) is 14.7 Å². The fraction of sp³-hybridized carbons (Fsp3) is 0.333. The molecule has 0 unspecified atom stereocenters. The number of nitrogens with zero attached hydrogens (tertiary/aromatic N) is 4. The minimum atomic E-state index is -0.344. The Morgan fingerprint density at radius 1 is 0.871 bits per heavy atom. The van der Waals surface area contributed by atoms with Gasteiger partial charge in [0.05, 0.1) is 0 Å². The van der Waals surface area contributed by atoms with Crippen molar-refractivity contribution in [3.05, 3.63) is 77.1 Å². The van der Waals surface area contributed by atoms with E-state index in [1.54, 1.807) is 35.0 Å². The molecule has 0 N–H and O–H groups in total. The number of amides is 1. The van der Waals surface area contributed by atoms with Gasteiger partial charge in [0.25, 0.3) is 5.91 Å². The van der Waals surface area contributed by atoms with Gasteiger partial charge in [-0.2, -0.15) is 5.10 Å². The lowest BCUT2D eigenvalue weighted by atomic mass is 10.2. The molecule has 160 valence electrons. The maximum atomic E-state index is 14.4. The van der Waals surface area contributed by atoms with Crippen LogP contribution < -0.4 is 4.90 Å².